The Morgan fingerprint density at radius 1 is 1.56 bits per heavy atom. The smallest absolute Gasteiger partial charge is 0.328 e. The average Bonchev–Trinajstić information content (AvgIpc) is 2.87. The van der Waals surface area contributed by atoms with E-state index < -0.39 is 0 Å². The number of hydrogen-bond acceptors (Lipinski definition) is 4. The average molecular weight is 220 g/mol. The second kappa shape index (κ2) is 4.53. The van der Waals surface area contributed by atoms with Crippen molar-refractivity contribution in [1.82, 2.24) is 10.6 Å². The van der Waals surface area contributed by atoms with Gasteiger partial charge in [0.15, 0.2) is 0 Å². The Kier molecular flexibility index (Phi) is 3.10. The number of carbonyl (C=O) groups excluding carboxylic acids is 1. The van der Waals surface area contributed by atoms with Gasteiger partial charge < -0.3 is 15.4 Å². The predicted octanol–water partition coefficient (Wildman–Crippen LogP) is 0.491. The number of hydrogen-bond donors (Lipinski definition) is 2. The van der Waals surface area contributed by atoms with Gasteiger partial charge in [0.05, 0.1) is 6.61 Å². The van der Waals surface area contributed by atoms with Gasteiger partial charge in [-0.3, -0.25) is 0 Å². The first-order chi connectivity index (χ1) is 7.72. The summed E-state index contributed by atoms with van der Waals surface area (Å²) in [6.07, 6.45) is 2.54. The number of carbonyl (C=O) groups is 1. The van der Waals surface area contributed by atoms with E-state index in [1.54, 1.807) is 0 Å². The lowest BCUT2D eigenvalue weighted by atomic mass is 10.1. The molecule has 0 saturated carbocycles. The summed E-state index contributed by atoms with van der Waals surface area (Å²) in [7, 11) is 0. The molecule has 0 bridgehead atoms. The molecule has 16 heavy (non-hydrogen) atoms. The molecule has 0 aromatic carbocycles. The molecule has 1 unspecified atom stereocenters. The standard InChI is InChI=1S/C12H16N2O2/c1-3-9-6-13-7-10(9)8(2)14-11-4-5-16-12(11)15/h3,11,13-14H,1-2,4-7H2. The second-order valence-corrected chi connectivity index (χ2v) is 3.94. The highest BCUT2D eigenvalue weighted by molar-refractivity contribution is 5.78. The summed E-state index contributed by atoms with van der Waals surface area (Å²) in [5, 5.41) is 6.35. The van der Waals surface area contributed by atoms with E-state index in [0.29, 0.717) is 13.0 Å². The maximum Gasteiger partial charge on any atom is 0.328 e. The lowest BCUT2D eigenvalue weighted by Crippen LogP contribution is -2.33. The zero-order valence-electron chi connectivity index (χ0n) is 9.21. The van der Waals surface area contributed by atoms with Crippen LogP contribution in [0.1, 0.15) is 6.42 Å². The highest BCUT2D eigenvalue weighted by Crippen LogP contribution is 2.18. The van der Waals surface area contributed by atoms with E-state index in [-0.39, 0.29) is 12.0 Å². The van der Waals surface area contributed by atoms with E-state index in [0.717, 1.165) is 29.9 Å². The third-order valence-corrected chi connectivity index (χ3v) is 2.90. The molecule has 0 aliphatic carbocycles. The molecule has 1 saturated heterocycles. The third kappa shape index (κ3) is 2.02. The summed E-state index contributed by atoms with van der Waals surface area (Å²) in [4.78, 5) is 11.3. The Bertz CT molecular complexity index is 371. The first-order valence-electron chi connectivity index (χ1n) is 5.40. The van der Waals surface area contributed by atoms with Crippen molar-refractivity contribution in [2.24, 2.45) is 0 Å². The number of esters is 1. The maximum absolute atomic E-state index is 11.3. The quantitative estimate of drug-likeness (QED) is 0.677. The van der Waals surface area contributed by atoms with Crippen molar-refractivity contribution in [3.05, 3.63) is 36.1 Å². The van der Waals surface area contributed by atoms with Crippen LogP contribution >= 0.6 is 0 Å². The first kappa shape index (κ1) is 11.0. The van der Waals surface area contributed by atoms with Gasteiger partial charge in [-0.2, -0.15) is 0 Å². The van der Waals surface area contributed by atoms with Crippen LogP contribution in [0.25, 0.3) is 0 Å². The number of nitrogens with one attached hydrogen (secondary N) is 2. The predicted molar refractivity (Wildman–Crippen MR) is 61.7 cm³/mol. The number of cyclic esters (lactones) is 1. The van der Waals surface area contributed by atoms with Crippen molar-refractivity contribution in [3.8, 4) is 0 Å². The van der Waals surface area contributed by atoms with Crippen molar-refractivity contribution in [2.45, 2.75) is 12.5 Å². The topological polar surface area (TPSA) is 50.4 Å². The zero-order valence-corrected chi connectivity index (χ0v) is 9.21. The lowest BCUT2D eigenvalue weighted by molar-refractivity contribution is -0.139. The molecule has 1 fully saturated rings. The van der Waals surface area contributed by atoms with Crippen molar-refractivity contribution < 1.29 is 9.53 Å². The van der Waals surface area contributed by atoms with Gasteiger partial charge in [0.25, 0.3) is 0 Å². The first-order valence-corrected chi connectivity index (χ1v) is 5.40. The molecule has 2 aliphatic rings. The molecule has 4 heteroatoms. The zero-order chi connectivity index (χ0) is 11.5. The van der Waals surface area contributed by atoms with Crippen molar-refractivity contribution in [2.75, 3.05) is 19.7 Å². The Morgan fingerprint density at radius 2 is 2.38 bits per heavy atom. The molecule has 2 N–H and O–H groups in total. The van der Waals surface area contributed by atoms with Gasteiger partial charge in [0.2, 0.25) is 0 Å². The molecule has 0 aromatic heterocycles. The van der Waals surface area contributed by atoms with Crippen LogP contribution in [0.4, 0.5) is 0 Å². The minimum Gasteiger partial charge on any atom is -0.464 e. The van der Waals surface area contributed by atoms with Crippen LogP contribution in [0, 0.1) is 0 Å². The molecule has 86 valence electrons. The van der Waals surface area contributed by atoms with Crippen molar-refractivity contribution in [1.29, 1.82) is 0 Å². The fraction of sp³-hybridized carbons (Fsp3) is 0.417. The molecule has 2 aliphatic heterocycles. The second-order valence-electron chi connectivity index (χ2n) is 3.94. The van der Waals surface area contributed by atoms with Gasteiger partial charge in [-0.1, -0.05) is 19.2 Å². The SMILES string of the molecule is C=CC1=C(C(=C)NC2CCOC2=O)CNC1. The summed E-state index contributed by atoms with van der Waals surface area (Å²) < 4.78 is 4.89. The van der Waals surface area contributed by atoms with E-state index in [1.165, 1.54) is 0 Å². The van der Waals surface area contributed by atoms with Crippen LogP contribution in [0.5, 0.6) is 0 Å². The fourth-order valence-corrected chi connectivity index (χ4v) is 1.96. The molecule has 0 amide bonds. The molecule has 2 heterocycles. The van der Waals surface area contributed by atoms with E-state index in [1.807, 2.05) is 6.08 Å². The molecule has 0 radical (unpaired) electrons. The van der Waals surface area contributed by atoms with E-state index in [4.69, 9.17) is 4.74 Å². The lowest BCUT2D eigenvalue weighted by Gasteiger charge is -2.14. The van der Waals surface area contributed by atoms with Gasteiger partial charge in [-0.25, -0.2) is 4.79 Å². The van der Waals surface area contributed by atoms with Gasteiger partial charge >= 0.3 is 5.97 Å². The van der Waals surface area contributed by atoms with Crippen molar-refractivity contribution >= 4 is 5.97 Å². The minimum atomic E-state index is -0.244. The van der Waals surface area contributed by atoms with Crippen LogP contribution in [-0.2, 0) is 9.53 Å². The minimum absolute atomic E-state index is 0.187. The van der Waals surface area contributed by atoms with Crippen LogP contribution in [0.2, 0.25) is 0 Å². The van der Waals surface area contributed by atoms with Gasteiger partial charge in [0.1, 0.15) is 6.04 Å². The molecule has 2 rings (SSSR count). The summed E-state index contributed by atoms with van der Waals surface area (Å²) >= 11 is 0. The largest absolute Gasteiger partial charge is 0.464 e. The Labute approximate surface area is 95.0 Å². The van der Waals surface area contributed by atoms with E-state index in [2.05, 4.69) is 23.8 Å². The van der Waals surface area contributed by atoms with E-state index in [9.17, 15) is 4.79 Å². The normalized spacial score (nSPS) is 24.5. The third-order valence-electron chi connectivity index (χ3n) is 2.90. The summed E-state index contributed by atoms with van der Waals surface area (Å²) in [6, 6.07) is -0.244. The Hall–Kier alpha value is -1.55. The highest BCUT2D eigenvalue weighted by atomic mass is 16.5. The maximum atomic E-state index is 11.3. The fourth-order valence-electron chi connectivity index (χ4n) is 1.96. The summed E-state index contributed by atoms with van der Waals surface area (Å²) in [5.74, 6) is -0.187. The van der Waals surface area contributed by atoms with Gasteiger partial charge in [-0.05, 0) is 11.1 Å². The summed E-state index contributed by atoms with van der Waals surface area (Å²) in [5.41, 5.74) is 3.04. The highest BCUT2D eigenvalue weighted by Gasteiger charge is 2.27. The summed E-state index contributed by atoms with van der Waals surface area (Å²) in [6.45, 7) is 9.81. The molecule has 4 nitrogen and oxygen atoms in total. The van der Waals surface area contributed by atoms with Crippen LogP contribution in [-0.4, -0.2) is 31.7 Å². The van der Waals surface area contributed by atoms with Gasteiger partial charge in [0, 0.05) is 25.2 Å². The van der Waals surface area contributed by atoms with Crippen LogP contribution in [0.3, 0.4) is 0 Å². The van der Waals surface area contributed by atoms with Crippen molar-refractivity contribution in [3.63, 3.8) is 0 Å². The Morgan fingerprint density at radius 3 is 3.00 bits per heavy atom. The number of rotatable bonds is 4. The van der Waals surface area contributed by atoms with Gasteiger partial charge in [-0.15, -0.1) is 0 Å². The molecule has 0 aromatic rings. The number of ether oxygens (including phenoxy) is 1. The Balaban J connectivity index is 2.02. The van der Waals surface area contributed by atoms with E-state index >= 15 is 0 Å². The molecular formula is C12H16N2O2. The molecular weight excluding hydrogens is 204 g/mol. The molecule has 0 spiro atoms. The van der Waals surface area contributed by atoms with Crippen LogP contribution < -0.4 is 10.6 Å². The monoisotopic (exact) mass is 220 g/mol. The molecule has 1 atom stereocenters. The van der Waals surface area contributed by atoms with Crippen LogP contribution in [0.15, 0.2) is 36.1 Å².